The van der Waals surface area contributed by atoms with E-state index in [-0.39, 0.29) is 10.5 Å². The first-order valence-corrected chi connectivity index (χ1v) is 11.4. The van der Waals surface area contributed by atoms with E-state index in [2.05, 4.69) is 23.7 Å². The molecule has 0 unspecified atom stereocenters. The molecule has 29 heavy (non-hydrogen) atoms. The maximum atomic E-state index is 12.4. The number of carbonyl (C=O) groups excluding carboxylic acids is 1. The van der Waals surface area contributed by atoms with E-state index < -0.39 is 16.0 Å². The zero-order chi connectivity index (χ0) is 21.2. The molecule has 9 heteroatoms. The Balaban J connectivity index is 1.79. The molecule has 0 N–H and O–H groups in total. The van der Waals surface area contributed by atoms with Gasteiger partial charge in [-0.25, -0.2) is 22.5 Å². The Bertz CT molecular complexity index is 1120. The second-order valence-corrected chi connectivity index (χ2v) is 9.66. The van der Waals surface area contributed by atoms with Crippen molar-refractivity contribution in [1.29, 1.82) is 0 Å². The second kappa shape index (κ2) is 8.48. The molecule has 0 aliphatic carbocycles. The number of rotatable bonds is 7. The van der Waals surface area contributed by atoms with Crippen molar-refractivity contribution in [1.82, 2.24) is 9.29 Å². The Labute approximate surface area is 174 Å². The molecule has 0 spiro atoms. The van der Waals surface area contributed by atoms with Crippen LogP contribution in [0.15, 0.2) is 47.4 Å². The highest BCUT2D eigenvalue weighted by atomic mass is 32.2. The van der Waals surface area contributed by atoms with Gasteiger partial charge in [0.2, 0.25) is 10.0 Å². The van der Waals surface area contributed by atoms with Crippen molar-refractivity contribution >= 4 is 42.7 Å². The van der Waals surface area contributed by atoms with E-state index in [4.69, 9.17) is 4.74 Å². The first-order valence-electron chi connectivity index (χ1n) is 9.16. The Kier molecular flexibility index (Phi) is 6.21. The van der Waals surface area contributed by atoms with Gasteiger partial charge >= 0.3 is 5.97 Å². The fourth-order valence-corrected chi connectivity index (χ4v) is 4.75. The lowest BCUT2D eigenvalue weighted by molar-refractivity contribution is 0.0735. The zero-order valence-electron chi connectivity index (χ0n) is 16.7. The molecule has 3 aromatic rings. The molecular weight excluding hydrogens is 410 g/mol. The normalized spacial score (nSPS) is 11.8. The standard InChI is InChI=1S/C20H23N3O4S2/c1-5-23(6-2)20-21-17-12-9-15(13-18(17)28-20)27-19(24)14-7-10-16(11-8-14)29(25,26)22(3)4/h7-13H,5-6H2,1-4H3. The summed E-state index contributed by atoms with van der Waals surface area (Å²) in [6.45, 7) is 5.91. The lowest BCUT2D eigenvalue weighted by Crippen LogP contribution is -2.22. The predicted molar refractivity (Wildman–Crippen MR) is 115 cm³/mol. The lowest BCUT2D eigenvalue weighted by Gasteiger charge is -2.16. The van der Waals surface area contributed by atoms with Gasteiger partial charge in [0.25, 0.3) is 0 Å². The number of thiazole rings is 1. The molecule has 0 radical (unpaired) electrons. The zero-order valence-corrected chi connectivity index (χ0v) is 18.4. The van der Waals surface area contributed by atoms with Gasteiger partial charge in [-0.05, 0) is 50.2 Å². The van der Waals surface area contributed by atoms with Crippen LogP contribution in [0.2, 0.25) is 0 Å². The molecule has 0 aliphatic rings. The molecule has 2 aromatic carbocycles. The van der Waals surface area contributed by atoms with Crippen molar-refractivity contribution < 1.29 is 17.9 Å². The monoisotopic (exact) mass is 433 g/mol. The van der Waals surface area contributed by atoms with Crippen molar-refractivity contribution in [2.45, 2.75) is 18.7 Å². The summed E-state index contributed by atoms with van der Waals surface area (Å²) >= 11 is 1.55. The smallest absolute Gasteiger partial charge is 0.343 e. The molecule has 1 aromatic heterocycles. The summed E-state index contributed by atoms with van der Waals surface area (Å²) < 4.78 is 31.8. The van der Waals surface area contributed by atoms with E-state index in [1.165, 1.54) is 38.4 Å². The first-order chi connectivity index (χ1) is 13.8. The predicted octanol–water partition coefficient (Wildman–Crippen LogP) is 3.61. The molecule has 7 nitrogen and oxygen atoms in total. The van der Waals surface area contributed by atoms with Gasteiger partial charge in [-0.2, -0.15) is 0 Å². The number of fused-ring (bicyclic) bond motifs is 1. The van der Waals surface area contributed by atoms with Crippen LogP contribution in [0.25, 0.3) is 10.2 Å². The molecule has 0 aliphatic heterocycles. The minimum absolute atomic E-state index is 0.120. The summed E-state index contributed by atoms with van der Waals surface area (Å²) in [7, 11) is -0.626. The molecule has 0 atom stereocenters. The molecule has 0 saturated heterocycles. The summed E-state index contributed by atoms with van der Waals surface area (Å²) in [6.07, 6.45) is 0. The van der Waals surface area contributed by atoms with Gasteiger partial charge in [-0.15, -0.1) is 0 Å². The Morgan fingerprint density at radius 1 is 1.07 bits per heavy atom. The third-order valence-electron chi connectivity index (χ3n) is 4.46. The lowest BCUT2D eigenvalue weighted by atomic mass is 10.2. The van der Waals surface area contributed by atoms with Crippen LogP contribution in [0.1, 0.15) is 24.2 Å². The highest BCUT2D eigenvalue weighted by Crippen LogP contribution is 2.31. The van der Waals surface area contributed by atoms with Gasteiger partial charge < -0.3 is 9.64 Å². The summed E-state index contributed by atoms with van der Waals surface area (Å²) in [4.78, 5) is 19.4. The van der Waals surface area contributed by atoms with Crippen LogP contribution in [0, 0.1) is 0 Å². The average Bonchev–Trinajstić information content (AvgIpc) is 3.12. The van der Waals surface area contributed by atoms with Gasteiger partial charge in [-0.1, -0.05) is 11.3 Å². The summed E-state index contributed by atoms with van der Waals surface area (Å²) in [5, 5.41) is 0.936. The summed E-state index contributed by atoms with van der Waals surface area (Å²) in [5.41, 5.74) is 1.13. The van der Waals surface area contributed by atoms with Crippen LogP contribution in [-0.2, 0) is 10.0 Å². The van der Waals surface area contributed by atoms with Crippen molar-refractivity contribution in [2.24, 2.45) is 0 Å². The molecular formula is C20H23N3O4S2. The number of aromatic nitrogens is 1. The molecule has 0 amide bonds. The Hall–Kier alpha value is -2.49. The van der Waals surface area contributed by atoms with Crippen LogP contribution in [0.3, 0.4) is 0 Å². The topological polar surface area (TPSA) is 79.8 Å². The van der Waals surface area contributed by atoms with E-state index in [9.17, 15) is 13.2 Å². The highest BCUT2D eigenvalue weighted by Gasteiger charge is 2.18. The minimum Gasteiger partial charge on any atom is -0.423 e. The minimum atomic E-state index is -3.54. The van der Waals surface area contributed by atoms with Crippen LogP contribution in [-0.4, -0.2) is 50.9 Å². The molecule has 154 valence electrons. The summed E-state index contributed by atoms with van der Waals surface area (Å²) in [6, 6.07) is 11.0. The maximum Gasteiger partial charge on any atom is 0.343 e. The van der Waals surface area contributed by atoms with Crippen molar-refractivity contribution in [3.05, 3.63) is 48.0 Å². The van der Waals surface area contributed by atoms with Crippen LogP contribution in [0.4, 0.5) is 5.13 Å². The van der Waals surface area contributed by atoms with Crippen molar-refractivity contribution in [2.75, 3.05) is 32.1 Å². The number of hydrogen-bond acceptors (Lipinski definition) is 7. The fraction of sp³-hybridized carbons (Fsp3) is 0.300. The van der Waals surface area contributed by atoms with Crippen LogP contribution < -0.4 is 9.64 Å². The number of esters is 1. The van der Waals surface area contributed by atoms with E-state index in [0.29, 0.717) is 5.75 Å². The first kappa shape index (κ1) is 21.2. The number of benzene rings is 2. The average molecular weight is 434 g/mol. The number of nitrogens with zero attached hydrogens (tertiary/aromatic N) is 3. The van der Waals surface area contributed by atoms with E-state index >= 15 is 0 Å². The Morgan fingerprint density at radius 2 is 1.72 bits per heavy atom. The van der Waals surface area contributed by atoms with E-state index in [1.807, 2.05) is 6.07 Å². The number of anilines is 1. The molecule has 0 saturated carbocycles. The maximum absolute atomic E-state index is 12.4. The Morgan fingerprint density at radius 3 is 2.31 bits per heavy atom. The third-order valence-corrected chi connectivity index (χ3v) is 7.37. The van der Waals surface area contributed by atoms with E-state index in [1.54, 1.807) is 23.5 Å². The van der Waals surface area contributed by atoms with Crippen molar-refractivity contribution in [3.63, 3.8) is 0 Å². The molecule has 3 rings (SSSR count). The van der Waals surface area contributed by atoms with Gasteiger partial charge in [-0.3, -0.25) is 0 Å². The molecule has 1 heterocycles. The third kappa shape index (κ3) is 4.42. The SMILES string of the molecule is CCN(CC)c1nc2ccc(OC(=O)c3ccc(S(=O)(=O)N(C)C)cc3)cc2s1. The molecule has 0 bridgehead atoms. The number of ether oxygens (including phenoxy) is 1. The largest absolute Gasteiger partial charge is 0.423 e. The van der Waals surface area contributed by atoms with Crippen LogP contribution >= 0.6 is 11.3 Å². The quantitative estimate of drug-likeness (QED) is 0.418. The van der Waals surface area contributed by atoms with Gasteiger partial charge in [0.05, 0.1) is 20.7 Å². The van der Waals surface area contributed by atoms with Gasteiger partial charge in [0, 0.05) is 33.3 Å². The summed E-state index contributed by atoms with van der Waals surface area (Å²) in [5.74, 6) is -0.131. The van der Waals surface area contributed by atoms with Crippen LogP contribution in [0.5, 0.6) is 5.75 Å². The van der Waals surface area contributed by atoms with Crippen molar-refractivity contribution in [3.8, 4) is 5.75 Å². The number of hydrogen-bond donors (Lipinski definition) is 0. The highest BCUT2D eigenvalue weighted by molar-refractivity contribution is 7.89. The van der Waals surface area contributed by atoms with E-state index in [0.717, 1.165) is 32.7 Å². The van der Waals surface area contributed by atoms with Gasteiger partial charge in [0.15, 0.2) is 5.13 Å². The number of sulfonamides is 1. The second-order valence-electron chi connectivity index (χ2n) is 6.50. The molecule has 0 fully saturated rings. The van der Waals surface area contributed by atoms with Gasteiger partial charge in [0.1, 0.15) is 5.75 Å². The fourth-order valence-electron chi connectivity index (χ4n) is 2.73. The number of carbonyl (C=O) groups is 1.